The molecule has 3 atom stereocenters. The second-order valence-corrected chi connectivity index (χ2v) is 44.3. The monoisotopic (exact) mass is 2150 g/mol. The van der Waals surface area contributed by atoms with Crippen molar-refractivity contribution in [1.82, 2.24) is 40.8 Å². The number of nitrogens with one attached hydrogen (secondary N) is 7. The number of carbonyl (C=O) groups is 8. The maximum atomic E-state index is 13.2. The molecule has 8 aromatic rings. The minimum absolute atomic E-state index is 0.0232. The number of amides is 8. The Labute approximate surface area is 884 Å². The first-order valence-electron chi connectivity index (χ1n) is 51.2. The van der Waals surface area contributed by atoms with Gasteiger partial charge in [0.1, 0.15) is 46.0 Å². The molecule has 8 amide bonds. The number of carbonyl (C=O) groups excluding carboxylic acids is 8. The van der Waals surface area contributed by atoms with Crippen LogP contribution in [0.3, 0.4) is 0 Å². The molecule has 144 heavy (non-hydrogen) atoms. The third-order valence-electron chi connectivity index (χ3n) is 23.4. The van der Waals surface area contributed by atoms with Crippen molar-refractivity contribution in [3.8, 4) is 46.0 Å². The summed E-state index contributed by atoms with van der Waals surface area (Å²) in [6, 6.07) is 11.1. The van der Waals surface area contributed by atoms with Crippen molar-refractivity contribution in [2.75, 3.05) is 74.8 Å². The number of aliphatic hydroxyl groups excluding tert-OH is 3. The predicted octanol–water partition coefficient (Wildman–Crippen LogP) is 23.4. The number of likely N-dealkylation sites (N-methyl/N-ethyl adjacent to an activating group) is 2. The van der Waals surface area contributed by atoms with Crippen LogP contribution in [0.15, 0.2) is 107 Å². The summed E-state index contributed by atoms with van der Waals surface area (Å²) in [7, 11) is 3.19. The number of phenolic OH excluding ortho intramolecular Hbond substituents is 8. The fourth-order valence-corrected chi connectivity index (χ4v) is 22.5. The smallest absolute Gasteiger partial charge is 0.228 e. The highest BCUT2D eigenvalue weighted by Crippen LogP contribution is 2.47. The zero-order valence-corrected chi connectivity index (χ0v) is 92.0. The summed E-state index contributed by atoms with van der Waals surface area (Å²) in [6.07, 6.45) is 41.9. The SMILES string of the molecule is CCCCCCCCC(CCCCCC)C(=O)Nc1cc(O)c(Sc2nc(CC(=O)N(C)CCO)cs2)cc1O.CCCCCCCCC(CCCCCC)C(=O)Nc1cc(O)c(Sc2nc(CC(=O)NCCCCO)cs2)cc1O.CCCCCCCCC(CCCCCC)C(=O)Nc1cc(O)c(Sc2nc(CC(=O)NCCCO)cs2)cc1O.CNC(=O)Cc1csc(Sc2cc(O)c(NC(C)=O)cc2O)n1. The Morgan fingerprint density at radius 2 is 0.576 bits per heavy atom. The molecule has 4 heterocycles. The van der Waals surface area contributed by atoms with Crippen LogP contribution >= 0.6 is 92.4 Å². The molecule has 18 N–H and O–H groups in total. The van der Waals surface area contributed by atoms with Crippen LogP contribution < -0.4 is 37.2 Å². The van der Waals surface area contributed by atoms with E-state index in [1.807, 2.05) is 0 Å². The third-order valence-corrected chi connectivity index (χ3v) is 31.6. The van der Waals surface area contributed by atoms with Crippen LogP contribution in [0.2, 0.25) is 0 Å². The first kappa shape index (κ1) is 125. The summed E-state index contributed by atoms with van der Waals surface area (Å²) in [6.45, 7) is 15.7. The number of aromatic nitrogens is 4. The molecule has 800 valence electrons. The number of aliphatic hydroxyl groups is 3. The largest absolute Gasteiger partial charge is 0.507 e. The van der Waals surface area contributed by atoms with Crippen molar-refractivity contribution in [2.45, 2.75) is 362 Å². The molecule has 0 saturated carbocycles. The Morgan fingerprint density at radius 3 is 0.847 bits per heavy atom. The van der Waals surface area contributed by atoms with Gasteiger partial charge in [-0.05, 0) is 82.1 Å². The van der Waals surface area contributed by atoms with Crippen molar-refractivity contribution in [1.29, 1.82) is 0 Å². The van der Waals surface area contributed by atoms with Crippen molar-refractivity contribution >= 4 is 162 Å². The molecule has 4 aromatic carbocycles. The molecule has 0 fully saturated rings. The number of hydrogen-bond donors (Lipinski definition) is 18. The second-order valence-electron chi connectivity index (χ2n) is 35.8. The van der Waals surface area contributed by atoms with Crippen molar-refractivity contribution in [3.05, 3.63) is 92.8 Å². The van der Waals surface area contributed by atoms with Gasteiger partial charge >= 0.3 is 0 Å². The van der Waals surface area contributed by atoms with E-state index in [1.54, 1.807) is 35.6 Å². The maximum absolute atomic E-state index is 13.2. The molecule has 39 heteroatoms. The van der Waals surface area contributed by atoms with Crippen molar-refractivity contribution < 1.29 is 94.5 Å². The van der Waals surface area contributed by atoms with Gasteiger partial charge in [-0.2, -0.15) is 0 Å². The number of hydrogen-bond acceptors (Lipinski definition) is 31. The number of unbranched alkanes of at least 4 members (excludes halogenated alkanes) is 25. The quantitative estimate of drug-likeness (QED) is 0.00956. The summed E-state index contributed by atoms with van der Waals surface area (Å²) in [5.41, 5.74) is 3.21. The summed E-state index contributed by atoms with van der Waals surface area (Å²) in [5.74, 6) is -2.37. The van der Waals surface area contributed by atoms with E-state index in [1.165, 1.54) is 224 Å². The van der Waals surface area contributed by atoms with Gasteiger partial charge in [0.2, 0.25) is 47.3 Å². The van der Waals surface area contributed by atoms with Gasteiger partial charge in [0.05, 0.1) is 97.4 Å². The molecule has 0 spiro atoms. The lowest BCUT2D eigenvalue weighted by Gasteiger charge is -2.18. The van der Waals surface area contributed by atoms with E-state index in [2.05, 4.69) is 98.7 Å². The number of anilines is 4. The first-order chi connectivity index (χ1) is 69.4. The lowest BCUT2D eigenvalue weighted by Crippen LogP contribution is -2.30. The van der Waals surface area contributed by atoms with Crippen LogP contribution in [-0.2, 0) is 64.0 Å². The van der Waals surface area contributed by atoms with Crippen molar-refractivity contribution in [2.24, 2.45) is 17.8 Å². The van der Waals surface area contributed by atoms with Gasteiger partial charge in [-0.1, -0.05) is 281 Å². The van der Waals surface area contributed by atoms with Crippen LogP contribution in [0, 0.1) is 17.8 Å². The minimum atomic E-state index is -0.348. The van der Waals surface area contributed by atoms with Crippen LogP contribution in [-0.4, -0.2) is 182 Å². The number of phenols is 8. The molecule has 3 unspecified atom stereocenters. The molecule has 31 nitrogen and oxygen atoms in total. The Balaban J connectivity index is 0.000000344. The Morgan fingerprint density at radius 1 is 0.319 bits per heavy atom. The molecule has 0 aliphatic rings. The third kappa shape index (κ3) is 51.0. The van der Waals surface area contributed by atoms with Gasteiger partial charge < -0.3 is 98.3 Å². The van der Waals surface area contributed by atoms with Crippen LogP contribution in [0.4, 0.5) is 22.7 Å². The number of aromatic hydroxyl groups is 8. The van der Waals surface area contributed by atoms with Crippen molar-refractivity contribution in [3.63, 3.8) is 0 Å². The molecule has 4 aromatic heterocycles. The molecule has 0 saturated heterocycles. The fourth-order valence-electron chi connectivity index (χ4n) is 15.1. The summed E-state index contributed by atoms with van der Waals surface area (Å²) < 4.78 is 2.50. The van der Waals surface area contributed by atoms with Crippen LogP contribution in [0.5, 0.6) is 46.0 Å². The number of thiazole rings is 4. The molecule has 0 bridgehead atoms. The molecule has 0 aliphatic carbocycles. The standard InChI is InChI=1S/C31H49N3O5S2.2C30H47N3O5S2.C14H15N3O4S2/c1-3-5-7-9-10-12-16-23(15-11-8-6-4-2)30(39)34-25-20-27(37)28(21-26(25)36)41-31-33-24(22-40-31)19-29(38)32-17-13-14-18-35;1-4-6-8-10-11-13-15-22(14-12-9-7-5-2)29(38)32-24-19-26(36)27(20-25(24)35)40-30-31-23(21-39-30)18-28(37)33(3)16-17-34;1-3-5-7-9-10-12-15-22(14-11-8-6-4-2)29(38)33-24-19-26(36)27(20-25(24)35)40-30-32-23(21-39-30)18-28(37)31-16-13-17-34;1-7(18)16-9-4-11(20)12(5-10(9)19)23-14-17-8(6-22-14)3-13(21)15-2/h20-23,35-37H,3-19H2,1-2H3,(H,32,38)(H,34,39);19-22,34-36H,4-18H2,1-3H3,(H,32,38);19-22,34-36H,3-18H2,1-2H3,(H,31,37)(H,33,38);4-6,19-20H,3H2,1-2H3,(H,15,21)(H,16,18). The van der Waals surface area contributed by atoms with Gasteiger partial charge in [-0.15, -0.1) is 45.3 Å². The lowest BCUT2D eigenvalue weighted by molar-refractivity contribution is -0.129. The van der Waals surface area contributed by atoms with E-state index in [0.717, 1.165) is 166 Å². The fraction of sp³-hybridized carbons (Fsp3) is 0.581. The normalized spacial score (nSPS) is 11.6. The van der Waals surface area contributed by atoms with E-state index in [0.29, 0.717) is 85.6 Å². The van der Waals surface area contributed by atoms with E-state index in [-0.39, 0.29) is 186 Å². The highest BCUT2D eigenvalue weighted by Gasteiger charge is 2.27. The lowest BCUT2D eigenvalue weighted by atomic mass is 9.93. The Kier molecular flexibility index (Phi) is 64.3. The van der Waals surface area contributed by atoms with Crippen LogP contribution in [0.1, 0.15) is 322 Å². The zero-order valence-electron chi connectivity index (χ0n) is 85.5. The second kappa shape index (κ2) is 73.8. The summed E-state index contributed by atoms with van der Waals surface area (Å²) in [5, 5.41) is 137. The van der Waals surface area contributed by atoms with E-state index in [9.17, 15) is 79.2 Å². The van der Waals surface area contributed by atoms with Gasteiger partial charge in [-0.3, -0.25) is 38.4 Å². The Bertz CT molecular complexity index is 5100. The number of benzene rings is 4. The summed E-state index contributed by atoms with van der Waals surface area (Å²) >= 11 is 10.1. The molecule has 8 rings (SSSR count). The maximum Gasteiger partial charge on any atom is 0.228 e. The van der Waals surface area contributed by atoms with Gasteiger partial charge in [0, 0.05) is 117 Å². The molecular weight excluding hydrogens is 1990 g/mol. The average Bonchev–Trinajstić information content (AvgIpc) is 1.36. The highest BCUT2D eigenvalue weighted by molar-refractivity contribution is 8.02. The zero-order chi connectivity index (χ0) is 105. The van der Waals surface area contributed by atoms with Crippen LogP contribution in [0.25, 0.3) is 0 Å². The molecule has 0 radical (unpaired) electrons. The highest BCUT2D eigenvalue weighted by atomic mass is 32.2. The topological polar surface area (TPSA) is 498 Å². The van der Waals surface area contributed by atoms with Gasteiger partial charge in [0.25, 0.3) is 0 Å². The van der Waals surface area contributed by atoms with E-state index >= 15 is 0 Å². The number of nitrogens with zero attached hydrogens (tertiary/aromatic N) is 5. The summed E-state index contributed by atoms with van der Waals surface area (Å²) in [4.78, 5) is 119. The van der Waals surface area contributed by atoms with E-state index in [4.69, 9.17) is 15.3 Å². The molecular formula is C105H158N12O19S8. The van der Waals surface area contributed by atoms with E-state index < -0.39 is 0 Å². The molecule has 0 aliphatic heterocycles. The predicted molar refractivity (Wildman–Crippen MR) is 583 cm³/mol. The van der Waals surface area contributed by atoms with Gasteiger partial charge in [0.15, 0.2) is 17.4 Å². The average molecular weight is 2150 g/mol. The Hall–Kier alpha value is -9.16. The minimum Gasteiger partial charge on any atom is -0.507 e. The number of rotatable bonds is 68. The van der Waals surface area contributed by atoms with Gasteiger partial charge in [-0.25, -0.2) is 19.9 Å². The first-order valence-corrected chi connectivity index (χ1v) is 57.9.